The van der Waals surface area contributed by atoms with Crippen molar-refractivity contribution in [3.8, 4) is 0 Å². The highest BCUT2D eigenvalue weighted by Crippen LogP contribution is 2.39. The van der Waals surface area contributed by atoms with E-state index in [9.17, 15) is 121 Å². The third-order valence-corrected chi connectivity index (χ3v) is 14.4. The van der Waals surface area contributed by atoms with Gasteiger partial charge in [0.2, 0.25) is 35.7 Å². The van der Waals surface area contributed by atoms with E-state index in [0.717, 1.165) is 20.8 Å². The van der Waals surface area contributed by atoms with Crippen LogP contribution in [0.4, 0.5) is 0 Å². The lowest BCUT2D eigenvalue weighted by Gasteiger charge is -2.52. The Kier molecular flexibility index (Phi) is 25.7. The maximum atomic E-state index is 13.2. The molecule has 0 spiro atoms. The van der Waals surface area contributed by atoms with Gasteiger partial charge in [0.15, 0.2) is 18.9 Å². The predicted octanol–water partition coefficient (Wildman–Crippen LogP) is -16.6. The summed E-state index contributed by atoms with van der Waals surface area (Å²) in [7, 11) is 0. The summed E-state index contributed by atoms with van der Waals surface area (Å²) in [5, 5.41) is 208. The molecular formula is C46H74N4O34-2. The van der Waals surface area contributed by atoms with Gasteiger partial charge in [0.05, 0.1) is 76.6 Å². The molecule has 5 aliphatic heterocycles. The number of nitrogens with one attached hydrogen (secondary N) is 4. The van der Waals surface area contributed by atoms with Crippen molar-refractivity contribution in [3.63, 3.8) is 0 Å². The second kappa shape index (κ2) is 30.6. The topological polar surface area (TPSA) is 613 Å². The van der Waals surface area contributed by atoms with Crippen molar-refractivity contribution >= 4 is 36.1 Å². The predicted molar refractivity (Wildman–Crippen MR) is 254 cm³/mol. The van der Waals surface area contributed by atoms with Crippen LogP contribution in [-0.4, -0.2) is 335 Å². The van der Waals surface area contributed by atoms with E-state index in [4.69, 9.17) is 47.4 Å². The molecule has 5 heterocycles. The lowest BCUT2D eigenvalue weighted by atomic mass is 9.87. The monoisotopic (exact) mass is 1230 g/mol. The largest absolute Gasteiger partial charge is 0.544 e. The molecule has 5 fully saturated rings. The first kappa shape index (κ1) is 70.5. The summed E-state index contributed by atoms with van der Waals surface area (Å²) in [4.78, 5) is 73.8. The second-order valence-corrected chi connectivity index (χ2v) is 20.5. The Labute approximate surface area is 475 Å². The molecule has 5 rings (SSSR count). The smallest absolute Gasteiger partial charge is 0.217 e. The number of amides is 4. The van der Waals surface area contributed by atoms with E-state index in [2.05, 4.69) is 21.3 Å². The molecule has 0 unspecified atom stereocenters. The molecule has 4 amide bonds. The second-order valence-electron chi connectivity index (χ2n) is 20.5. The van der Waals surface area contributed by atoms with E-state index in [1.165, 1.54) is 0 Å². The van der Waals surface area contributed by atoms with E-state index in [0.29, 0.717) is 0 Å². The molecule has 38 heteroatoms. The van der Waals surface area contributed by atoms with Gasteiger partial charge in [0, 0.05) is 33.6 Å². The van der Waals surface area contributed by atoms with Crippen LogP contribution in [0.3, 0.4) is 0 Å². The molecule has 38 nitrogen and oxygen atoms in total. The van der Waals surface area contributed by atoms with Crippen LogP contribution in [0.25, 0.3) is 0 Å². The van der Waals surface area contributed by atoms with Crippen LogP contribution in [0.15, 0.2) is 0 Å². The normalized spacial score (nSPS) is 40.9. The summed E-state index contributed by atoms with van der Waals surface area (Å²) in [6.07, 6.45) is -48.7. The van der Waals surface area contributed by atoms with Crippen molar-refractivity contribution < 1.29 is 168 Å². The van der Waals surface area contributed by atoms with Gasteiger partial charge in [-0.1, -0.05) is 0 Å². The molecule has 0 aromatic carbocycles. The fourth-order valence-corrected chi connectivity index (χ4v) is 10.1. The number of carboxylic acids is 2. The molecule has 0 aromatic rings. The third-order valence-electron chi connectivity index (χ3n) is 14.4. The summed E-state index contributed by atoms with van der Waals surface area (Å²) < 4.78 is 56.2. The first-order chi connectivity index (χ1) is 39.5. The van der Waals surface area contributed by atoms with E-state index < -0.39 is 259 Å². The molecule has 84 heavy (non-hydrogen) atoms. The lowest BCUT2D eigenvalue weighted by molar-refractivity contribution is -0.401. The summed E-state index contributed by atoms with van der Waals surface area (Å²) >= 11 is 0. The van der Waals surface area contributed by atoms with Crippen LogP contribution in [0.2, 0.25) is 0 Å². The number of carboxylic acid groups (broad SMARTS) is 2. The SMILES string of the molecule is CC(=O)N[C@H]1[C@H](O[C@@H]2[C@H](O)[C@@H](O)[C@H](O[C@H]3[C@H](O)[C@@H](O)[C@H](OC[C@@H](CO)NC=O)O[C@@H]3CO)O[C@@H]2CO)O[C@H](CO[C@]2(C(=O)[O-])C[C@H](O)[C@@H](NC(C)=O)[C@H]([C@H](O)[C@@H](CO)O[C@]3(C(=O)[O-])C[C@H](O)[C@@H](NC(C)=O)[C@H]([C@H](O)[C@H](O)CO)O3)O2)[C@H](O)[C@@H]1O. The first-order valence-corrected chi connectivity index (χ1v) is 26.0. The van der Waals surface area contributed by atoms with Crippen LogP contribution in [0.1, 0.15) is 33.6 Å². The van der Waals surface area contributed by atoms with Crippen LogP contribution >= 0.6 is 0 Å². The Bertz CT molecular complexity index is 2180. The summed E-state index contributed by atoms with van der Waals surface area (Å²) in [5.41, 5.74) is 0. The van der Waals surface area contributed by atoms with E-state index >= 15 is 0 Å². The van der Waals surface area contributed by atoms with Gasteiger partial charge in [-0.3, -0.25) is 19.2 Å². The molecule has 5 aliphatic rings. The van der Waals surface area contributed by atoms with Crippen LogP contribution in [-0.2, 0) is 76.1 Å². The summed E-state index contributed by atoms with van der Waals surface area (Å²) in [5.74, 6) is -14.3. The fraction of sp³-hybridized carbons (Fsp3) is 0.870. The van der Waals surface area contributed by atoms with Gasteiger partial charge in [-0.2, -0.15) is 0 Å². The first-order valence-electron chi connectivity index (χ1n) is 26.0. The molecule has 0 radical (unpaired) electrons. The summed E-state index contributed by atoms with van der Waals surface area (Å²) in [6.45, 7) is -4.33. The van der Waals surface area contributed by atoms with Gasteiger partial charge in [-0.25, -0.2) is 0 Å². The zero-order chi connectivity index (χ0) is 62.9. The standard InChI is InChI=1S/C46H76N4O34/c1-14(57)48-25-19(61)5-46(44(73)74,84-38(25)28(63)20(62)7-52)82-21(8-53)30(65)39-26(49-15(2)58)18(60)4-45(83-39,43(71)72)76-12-24-29(64)31(66)27(50-16(3)59)40(79-24)80-36-23(10-55)78-42(35(70)33(36)68)81-37-22(9-54)77-41(34(69)32(37)67)75-11-17(6-51)47-13-56/h13,17-42,51-55,60-70H,4-12H2,1-3H3,(H,47,56)(H,48,57)(H,49,58)(H,50,59)(H,71,72)(H,73,74)/p-2/t17-,18+,19+,20-,21-,22-,23-,24-,25-,26-,27-,28-,29+,30-,31-,32-,33-,34-,35-,36+,37-,38-,39-,40+,41-,42+,45-,46-/m1/s1. The fourth-order valence-electron chi connectivity index (χ4n) is 10.1. The molecule has 28 atom stereocenters. The number of carbonyl (C=O) groups is 6. The van der Waals surface area contributed by atoms with Gasteiger partial charge >= 0.3 is 0 Å². The highest BCUT2D eigenvalue weighted by atomic mass is 16.8. The van der Waals surface area contributed by atoms with E-state index in [1.807, 2.05) is 0 Å². The van der Waals surface area contributed by atoms with Crippen molar-refractivity contribution in [2.24, 2.45) is 0 Å². The number of hydrogen-bond acceptors (Lipinski definition) is 34. The quantitative estimate of drug-likeness (QED) is 0.0324. The average molecular weight is 1230 g/mol. The minimum atomic E-state index is -3.38. The van der Waals surface area contributed by atoms with Crippen molar-refractivity contribution in [3.05, 3.63) is 0 Å². The zero-order valence-corrected chi connectivity index (χ0v) is 45.0. The Morgan fingerprint density at radius 2 is 1.05 bits per heavy atom. The number of aliphatic carboxylic acids is 2. The van der Waals surface area contributed by atoms with Crippen molar-refractivity contribution in [1.82, 2.24) is 21.3 Å². The van der Waals surface area contributed by atoms with Crippen LogP contribution < -0.4 is 31.5 Å². The average Bonchev–Trinajstić information content (AvgIpc) is 1.59. The minimum Gasteiger partial charge on any atom is -0.544 e. The Hall–Kier alpha value is -4.22. The van der Waals surface area contributed by atoms with Crippen LogP contribution in [0.5, 0.6) is 0 Å². The summed E-state index contributed by atoms with van der Waals surface area (Å²) in [6, 6.07) is -6.52. The van der Waals surface area contributed by atoms with Crippen molar-refractivity contribution in [2.75, 3.05) is 46.2 Å². The lowest BCUT2D eigenvalue weighted by Crippen LogP contribution is -2.72. The molecule has 5 saturated heterocycles. The maximum Gasteiger partial charge on any atom is 0.217 e. The number of hydrogen-bond donors (Lipinski definition) is 20. The third kappa shape index (κ3) is 16.1. The van der Waals surface area contributed by atoms with Crippen molar-refractivity contribution in [1.29, 1.82) is 0 Å². The highest BCUT2D eigenvalue weighted by molar-refractivity contribution is 5.76. The highest BCUT2D eigenvalue weighted by Gasteiger charge is 2.59. The molecule has 0 aliphatic carbocycles. The minimum absolute atomic E-state index is 0.257. The number of aliphatic hydroxyl groups is 16. The number of carbonyl (C=O) groups excluding carboxylic acids is 6. The van der Waals surface area contributed by atoms with Crippen LogP contribution in [0, 0.1) is 0 Å². The van der Waals surface area contributed by atoms with Gasteiger partial charge in [-0.15, -0.1) is 0 Å². The Morgan fingerprint density at radius 1 is 0.583 bits per heavy atom. The van der Waals surface area contributed by atoms with Gasteiger partial charge in [0.1, 0.15) is 122 Å². The van der Waals surface area contributed by atoms with Gasteiger partial charge in [-0.05, 0) is 0 Å². The molecule has 20 N–H and O–H groups in total. The van der Waals surface area contributed by atoms with E-state index in [-0.39, 0.29) is 6.41 Å². The molecule has 0 aromatic heterocycles. The molecule has 484 valence electrons. The van der Waals surface area contributed by atoms with Gasteiger partial charge < -0.3 is 170 Å². The number of aliphatic hydroxyl groups excluding tert-OH is 16. The van der Waals surface area contributed by atoms with Crippen molar-refractivity contribution in [2.45, 2.75) is 204 Å². The Balaban J connectivity index is 1.38. The molecule has 0 bridgehead atoms. The zero-order valence-electron chi connectivity index (χ0n) is 45.0. The van der Waals surface area contributed by atoms with E-state index in [1.54, 1.807) is 0 Å². The molecular weight excluding hydrogens is 1150 g/mol. The maximum absolute atomic E-state index is 13.2. The van der Waals surface area contributed by atoms with Gasteiger partial charge in [0.25, 0.3) is 0 Å². The number of rotatable bonds is 28. The molecule has 0 saturated carbocycles. The number of ether oxygens (including phenoxy) is 10. The Morgan fingerprint density at radius 3 is 1.52 bits per heavy atom.